The highest BCUT2D eigenvalue weighted by molar-refractivity contribution is 7.47. The smallest absolute Gasteiger partial charge is 0.462 e. The van der Waals surface area contributed by atoms with Crippen LogP contribution in [0.15, 0.2) is 12.2 Å². The maximum Gasteiger partial charge on any atom is 0.472 e. The molecule has 1 N–H and O–H groups in total. The number of hydrogen-bond acceptors (Lipinski definition) is 7. The first kappa shape index (κ1) is 72.8. The van der Waals surface area contributed by atoms with Crippen LogP contribution in [0, 0.1) is 0 Å². The molecule has 0 saturated carbocycles. The number of allylic oxidation sites excluding steroid dienone is 2. The normalized spacial score (nSPS) is 13.2. The first-order valence-corrected chi connectivity index (χ1v) is 33.9. The highest BCUT2D eigenvalue weighted by Crippen LogP contribution is 2.43. The van der Waals surface area contributed by atoms with Crippen molar-refractivity contribution in [3.8, 4) is 0 Å². The third kappa shape index (κ3) is 60.0. The third-order valence-electron chi connectivity index (χ3n) is 14.8. The molecule has 10 heteroatoms. The van der Waals surface area contributed by atoms with Crippen LogP contribution >= 0.6 is 7.82 Å². The SMILES string of the molecule is CCCCCCCCCC/C=C\CCCCCCCCCCCCCCCCCCCCCCCCCCCCCCCC(=O)OC(COC(=O)CCCCCCCCCCC)COP(=O)(O)OCC[N+](C)(C)C. The van der Waals surface area contributed by atoms with Crippen molar-refractivity contribution in [3.05, 3.63) is 12.2 Å². The second-order valence-electron chi connectivity index (χ2n) is 23.5. The Bertz CT molecular complexity index is 1260. The zero-order valence-electron chi connectivity index (χ0n) is 50.1. The Morgan fingerprint density at radius 2 is 0.689 bits per heavy atom. The van der Waals surface area contributed by atoms with Crippen LogP contribution in [-0.2, 0) is 32.7 Å². The van der Waals surface area contributed by atoms with Gasteiger partial charge in [-0.1, -0.05) is 296 Å². The summed E-state index contributed by atoms with van der Waals surface area (Å²) >= 11 is 0. The molecular formula is C64H127NO8P+. The monoisotopic (exact) mass is 1070 g/mol. The lowest BCUT2D eigenvalue weighted by Gasteiger charge is -2.24. The zero-order valence-corrected chi connectivity index (χ0v) is 51.0. The number of phosphoric acid groups is 1. The number of quaternary nitrogens is 1. The number of esters is 2. The number of phosphoric ester groups is 1. The minimum absolute atomic E-state index is 0.0364. The van der Waals surface area contributed by atoms with E-state index >= 15 is 0 Å². The predicted octanol–water partition coefficient (Wildman–Crippen LogP) is 20.4. The molecule has 2 unspecified atom stereocenters. The molecule has 2 atom stereocenters. The second-order valence-corrected chi connectivity index (χ2v) is 25.0. The fraction of sp³-hybridized carbons (Fsp3) is 0.938. The van der Waals surface area contributed by atoms with E-state index in [0.717, 1.165) is 38.5 Å². The summed E-state index contributed by atoms with van der Waals surface area (Å²) in [7, 11) is 1.50. The van der Waals surface area contributed by atoms with Crippen molar-refractivity contribution in [2.45, 2.75) is 341 Å². The Kier molecular flexibility index (Phi) is 55.5. The number of rotatable bonds is 61. The Morgan fingerprint density at radius 3 is 1.00 bits per heavy atom. The maximum absolute atomic E-state index is 12.8. The van der Waals surface area contributed by atoms with Crippen molar-refractivity contribution in [1.82, 2.24) is 0 Å². The summed E-state index contributed by atoms with van der Waals surface area (Å²) in [4.78, 5) is 35.5. The molecule has 0 aromatic carbocycles. The zero-order chi connectivity index (χ0) is 54.2. The molecule has 0 amide bonds. The highest BCUT2D eigenvalue weighted by atomic mass is 31.2. The quantitative estimate of drug-likeness (QED) is 0.0211. The van der Waals surface area contributed by atoms with Gasteiger partial charge in [-0.3, -0.25) is 18.6 Å². The van der Waals surface area contributed by atoms with E-state index in [1.54, 1.807) is 0 Å². The molecule has 0 heterocycles. The van der Waals surface area contributed by atoms with E-state index in [0.29, 0.717) is 17.4 Å². The van der Waals surface area contributed by atoms with E-state index in [1.807, 2.05) is 21.1 Å². The van der Waals surface area contributed by atoms with Crippen molar-refractivity contribution >= 4 is 19.8 Å². The Labute approximate surface area is 460 Å². The van der Waals surface area contributed by atoms with Crippen molar-refractivity contribution in [2.24, 2.45) is 0 Å². The molecule has 0 bridgehead atoms. The van der Waals surface area contributed by atoms with Crippen LogP contribution in [0.2, 0.25) is 0 Å². The van der Waals surface area contributed by atoms with Gasteiger partial charge in [-0.05, 0) is 38.5 Å². The molecule has 440 valence electrons. The van der Waals surface area contributed by atoms with Gasteiger partial charge in [0.05, 0.1) is 27.7 Å². The third-order valence-corrected chi connectivity index (χ3v) is 15.8. The van der Waals surface area contributed by atoms with Gasteiger partial charge in [0.25, 0.3) is 0 Å². The van der Waals surface area contributed by atoms with E-state index in [2.05, 4.69) is 26.0 Å². The van der Waals surface area contributed by atoms with Crippen LogP contribution in [0.5, 0.6) is 0 Å². The molecular weight excluding hydrogens is 942 g/mol. The standard InChI is InChI=1S/C64H126NO8P/c1-6-8-10-12-14-16-17-18-19-20-21-22-23-24-25-26-27-28-29-30-31-32-33-34-35-36-37-38-39-40-41-42-43-44-45-46-47-49-51-53-55-57-64(67)73-62(61-72-74(68,69)71-59-58-65(3,4)5)60-70-63(66)56-54-52-50-48-15-13-11-9-7-2/h20-21,62H,6-19,22-61H2,1-5H3/p+1/b21-20-. The van der Waals surface area contributed by atoms with Crippen molar-refractivity contribution in [1.29, 1.82) is 0 Å². The highest BCUT2D eigenvalue weighted by Gasteiger charge is 2.27. The minimum Gasteiger partial charge on any atom is -0.462 e. The average molecular weight is 1070 g/mol. The molecule has 0 rings (SSSR count). The summed E-state index contributed by atoms with van der Waals surface area (Å²) < 4.78 is 34.4. The van der Waals surface area contributed by atoms with Gasteiger partial charge in [-0.15, -0.1) is 0 Å². The van der Waals surface area contributed by atoms with E-state index in [9.17, 15) is 19.0 Å². The summed E-state index contributed by atoms with van der Waals surface area (Å²) in [5.41, 5.74) is 0. The Morgan fingerprint density at radius 1 is 0.405 bits per heavy atom. The fourth-order valence-electron chi connectivity index (χ4n) is 9.78. The molecule has 74 heavy (non-hydrogen) atoms. The van der Waals surface area contributed by atoms with E-state index in [-0.39, 0.29) is 25.6 Å². The van der Waals surface area contributed by atoms with Gasteiger partial charge in [-0.2, -0.15) is 0 Å². The largest absolute Gasteiger partial charge is 0.472 e. The maximum atomic E-state index is 12.8. The molecule has 0 aliphatic rings. The van der Waals surface area contributed by atoms with E-state index in [4.69, 9.17) is 18.5 Å². The molecule has 0 aromatic rings. The number of ether oxygens (including phenoxy) is 2. The Hall–Kier alpha value is -1.25. The molecule has 0 fully saturated rings. The number of carbonyl (C=O) groups is 2. The number of unbranched alkanes of at least 4 members (excludes halogenated alkanes) is 45. The van der Waals surface area contributed by atoms with Crippen LogP contribution in [0.3, 0.4) is 0 Å². The van der Waals surface area contributed by atoms with Crippen molar-refractivity contribution < 1.29 is 42.1 Å². The van der Waals surface area contributed by atoms with Crippen LogP contribution in [0.1, 0.15) is 335 Å². The number of nitrogens with zero attached hydrogens (tertiary/aromatic N) is 1. The van der Waals surface area contributed by atoms with Crippen molar-refractivity contribution in [2.75, 3.05) is 47.5 Å². The first-order chi connectivity index (χ1) is 36.0. The van der Waals surface area contributed by atoms with Gasteiger partial charge in [0, 0.05) is 12.8 Å². The van der Waals surface area contributed by atoms with Crippen LogP contribution in [-0.4, -0.2) is 74.9 Å². The predicted molar refractivity (Wildman–Crippen MR) is 317 cm³/mol. The lowest BCUT2D eigenvalue weighted by atomic mass is 10.0. The molecule has 0 aromatic heterocycles. The number of carbonyl (C=O) groups excluding carboxylic acids is 2. The molecule has 0 radical (unpaired) electrons. The van der Waals surface area contributed by atoms with Gasteiger partial charge in [0.1, 0.15) is 19.8 Å². The van der Waals surface area contributed by atoms with E-state index in [1.165, 1.54) is 270 Å². The lowest BCUT2D eigenvalue weighted by Crippen LogP contribution is -2.37. The summed E-state index contributed by atoms with van der Waals surface area (Å²) in [6, 6.07) is 0. The topological polar surface area (TPSA) is 108 Å². The first-order valence-electron chi connectivity index (χ1n) is 32.4. The van der Waals surface area contributed by atoms with Gasteiger partial charge in [-0.25, -0.2) is 4.57 Å². The lowest BCUT2D eigenvalue weighted by molar-refractivity contribution is -0.870. The summed E-state index contributed by atoms with van der Waals surface area (Å²) in [6.45, 7) is 4.45. The number of likely N-dealkylation sites (N-methyl/N-ethyl adjacent to an activating group) is 1. The second kappa shape index (κ2) is 56.5. The molecule has 9 nitrogen and oxygen atoms in total. The average Bonchev–Trinajstić information content (AvgIpc) is 3.36. The number of hydrogen-bond donors (Lipinski definition) is 1. The van der Waals surface area contributed by atoms with Crippen LogP contribution in [0.4, 0.5) is 0 Å². The minimum atomic E-state index is -4.37. The summed E-state index contributed by atoms with van der Waals surface area (Å²) in [5.74, 6) is -0.782. The van der Waals surface area contributed by atoms with Crippen molar-refractivity contribution in [3.63, 3.8) is 0 Å². The van der Waals surface area contributed by atoms with Gasteiger partial charge in [0.15, 0.2) is 6.10 Å². The fourth-order valence-corrected chi connectivity index (χ4v) is 10.5. The van der Waals surface area contributed by atoms with Crippen LogP contribution in [0.25, 0.3) is 0 Å². The molecule has 0 spiro atoms. The Balaban J connectivity index is 3.74. The van der Waals surface area contributed by atoms with E-state index < -0.39 is 26.5 Å². The van der Waals surface area contributed by atoms with Gasteiger partial charge >= 0.3 is 19.8 Å². The summed E-state index contributed by atoms with van der Waals surface area (Å²) in [6.07, 6.45) is 67.9. The molecule has 0 aliphatic carbocycles. The molecule has 0 aliphatic heterocycles. The summed E-state index contributed by atoms with van der Waals surface area (Å²) in [5, 5.41) is 0. The van der Waals surface area contributed by atoms with Crippen LogP contribution < -0.4 is 0 Å². The molecule has 0 saturated heterocycles. The van der Waals surface area contributed by atoms with Gasteiger partial charge < -0.3 is 18.9 Å². The van der Waals surface area contributed by atoms with Gasteiger partial charge in [0.2, 0.25) is 0 Å².